The van der Waals surface area contributed by atoms with Gasteiger partial charge in [0.1, 0.15) is 0 Å². The topological polar surface area (TPSA) is 58.2 Å². The summed E-state index contributed by atoms with van der Waals surface area (Å²) in [5.74, 6) is -2.47. The molecule has 7 heteroatoms. The highest BCUT2D eigenvalue weighted by Crippen LogP contribution is 2.21. The summed E-state index contributed by atoms with van der Waals surface area (Å²) >= 11 is 3.34. The molecule has 2 aromatic rings. The van der Waals surface area contributed by atoms with Gasteiger partial charge in [-0.2, -0.15) is 0 Å². The van der Waals surface area contributed by atoms with Crippen LogP contribution in [0.2, 0.25) is 0 Å². The Morgan fingerprint density at radius 3 is 2.19 bits per heavy atom. The standard InChI is InChI=1S/C19H19BrF2N2O2/c1-11(14-5-8-16(21)17(22)9-14)23-19(26)10-18(24-12(2)25)13-3-6-15(20)7-4-13/h3-9,11,18H,10H2,1-2H3,(H,23,26)(H,24,25). The summed E-state index contributed by atoms with van der Waals surface area (Å²) in [6.07, 6.45) is 0.0230. The monoisotopic (exact) mass is 424 g/mol. The summed E-state index contributed by atoms with van der Waals surface area (Å²) in [6.45, 7) is 3.06. The van der Waals surface area contributed by atoms with Crippen molar-refractivity contribution >= 4 is 27.7 Å². The molecular weight excluding hydrogens is 406 g/mol. The van der Waals surface area contributed by atoms with E-state index in [1.165, 1.54) is 13.0 Å². The first-order valence-corrected chi connectivity index (χ1v) is 8.82. The van der Waals surface area contributed by atoms with Gasteiger partial charge in [0.05, 0.1) is 18.5 Å². The number of amides is 2. The molecule has 0 saturated carbocycles. The van der Waals surface area contributed by atoms with Crippen LogP contribution in [0.1, 0.15) is 43.5 Å². The van der Waals surface area contributed by atoms with E-state index in [4.69, 9.17) is 0 Å². The van der Waals surface area contributed by atoms with Crippen LogP contribution in [0.4, 0.5) is 8.78 Å². The molecule has 0 spiro atoms. The van der Waals surface area contributed by atoms with Crippen molar-refractivity contribution in [3.8, 4) is 0 Å². The van der Waals surface area contributed by atoms with Crippen LogP contribution in [0.25, 0.3) is 0 Å². The van der Waals surface area contributed by atoms with E-state index in [0.717, 1.165) is 22.2 Å². The quantitative estimate of drug-likeness (QED) is 0.730. The largest absolute Gasteiger partial charge is 0.350 e. The summed E-state index contributed by atoms with van der Waals surface area (Å²) in [5.41, 5.74) is 1.25. The van der Waals surface area contributed by atoms with Gasteiger partial charge >= 0.3 is 0 Å². The molecule has 0 aromatic heterocycles. The van der Waals surface area contributed by atoms with Crippen molar-refractivity contribution in [3.05, 3.63) is 69.7 Å². The van der Waals surface area contributed by atoms with Gasteiger partial charge in [0.15, 0.2) is 11.6 Å². The third-order valence-electron chi connectivity index (χ3n) is 3.86. The van der Waals surface area contributed by atoms with E-state index >= 15 is 0 Å². The Morgan fingerprint density at radius 2 is 1.62 bits per heavy atom. The van der Waals surface area contributed by atoms with E-state index < -0.39 is 23.7 Å². The number of carbonyl (C=O) groups excluding carboxylic acids is 2. The fraction of sp³-hybridized carbons (Fsp3) is 0.263. The van der Waals surface area contributed by atoms with Crippen molar-refractivity contribution in [1.82, 2.24) is 10.6 Å². The molecule has 0 radical (unpaired) electrons. The summed E-state index contributed by atoms with van der Waals surface area (Å²) in [6, 6.07) is 9.79. The minimum absolute atomic E-state index is 0.0230. The molecular formula is C19H19BrF2N2O2. The van der Waals surface area contributed by atoms with Crippen LogP contribution in [0.3, 0.4) is 0 Å². The van der Waals surface area contributed by atoms with Gasteiger partial charge in [-0.1, -0.05) is 34.1 Å². The van der Waals surface area contributed by atoms with Crippen molar-refractivity contribution in [3.63, 3.8) is 0 Å². The molecule has 138 valence electrons. The van der Waals surface area contributed by atoms with Crippen LogP contribution in [0, 0.1) is 11.6 Å². The van der Waals surface area contributed by atoms with Crippen LogP contribution < -0.4 is 10.6 Å². The first kappa shape index (κ1) is 20.0. The van der Waals surface area contributed by atoms with Gasteiger partial charge in [0.25, 0.3) is 0 Å². The van der Waals surface area contributed by atoms with Crippen molar-refractivity contribution in [2.45, 2.75) is 32.4 Å². The van der Waals surface area contributed by atoms with E-state index in [9.17, 15) is 18.4 Å². The molecule has 26 heavy (non-hydrogen) atoms. The zero-order chi connectivity index (χ0) is 19.3. The SMILES string of the molecule is CC(=O)NC(CC(=O)NC(C)c1ccc(F)c(F)c1)c1ccc(Br)cc1. The van der Waals surface area contributed by atoms with Crippen LogP contribution in [-0.2, 0) is 9.59 Å². The lowest BCUT2D eigenvalue weighted by Crippen LogP contribution is -2.33. The fourth-order valence-corrected chi connectivity index (χ4v) is 2.81. The van der Waals surface area contributed by atoms with Gasteiger partial charge in [-0.15, -0.1) is 0 Å². The van der Waals surface area contributed by atoms with Crippen molar-refractivity contribution in [2.24, 2.45) is 0 Å². The number of hydrogen-bond acceptors (Lipinski definition) is 2. The lowest BCUT2D eigenvalue weighted by atomic mass is 10.0. The highest BCUT2D eigenvalue weighted by atomic mass is 79.9. The summed E-state index contributed by atoms with van der Waals surface area (Å²) in [4.78, 5) is 23.8. The van der Waals surface area contributed by atoms with Gasteiger partial charge in [-0.3, -0.25) is 9.59 Å². The summed E-state index contributed by atoms with van der Waals surface area (Å²) in [7, 11) is 0. The number of rotatable bonds is 6. The lowest BCUT2D eigenvalue weighted by Gasteiger charge is -2.20. The van der Waals surface area contributed by atoms with E-state index in [-0.39, 0.29) is 18.2 Å². The Labute approximate surface area is 159 Å². The highest BCUT2D eigenvalue weighted by Gasteiger charge is 2.19. The molecule has 0 heterocycles. The maximum absolute atomic E-state index is 13.3. The third-order valence-corrected chi connectivity index (χ3v) is 4.39. The first-order valence-electron chi connectivity index (χ1n) is 8.03. The average molecular weight is 425 g/mol. The second-order valence-corrected chi connectivity index (χ2v) is 6.89. The predicted octanol–water partition coefficient (Wildman–Crippen LogP) is 4.17. The number of halogens is 3. The highest BCUT2D eigenvalue weighted by molar-refractivity contribution is 9.10. The third kappa shape index (κ3) is 5.62. The minimum Gasteiger partial charge on any atom is -0.350 e. The van der Waals surface area contributed by atoms with E-state index in [1.807, 2.05) is 24.3 Å². The Kier molecular flexibility index (Phi) is 6.85. The van der Waals surface area contributed by atoms with E-state index in [0.29, 0.717) is 5.56 Å². The van der Waals surface area contributed by atoms with E-state index in [1.54, 1.807) is 6.92 Å². The van der Waals surface area contributed by atoms with Gasteiger partial charge in [0, 0.05) is 11.4 Å². The molecule has 2 rings (SSSR count). The molecule has 2 amide bonds. The molecule has 2 unspecified atom stereocenters. The van der Waals surface area contributed by atoms with Gasteiger partial charge in [0.2, 0.25) is 11.8 Å². The van der Waals surface area contributed by atoms with Crippen molar-refractivity contribution in [2.75, 3.05) is 0 Å². The van der Waals surface area contributed by atoms with E-state index in [2.05, 4.69) is 26.6 Å². The van der Waals surface area contributed by atoms with Gasteiger partial charge < -0.3 is 10.6 Å². The number of carbonyl (C=O) groups is 2. The van der Waals surface area contributed by atoms with Crippen LogP contribution in [0.5, 0.6) is 0 Å². The predicted molar refractivity (Wildman–Crippen MR) is 98.2 cm³/mol. The molecule has 2 atom stereocenters. The van der Waals surface area contributed by atoms with Gasteiger partial charge in [-0.25, -0.2) is 8.78 Å². The van der Waals surface area contributed by atoms with Crippen molar-refractivity contribution < 1.29 is 18.4 Å². The Morgan fingerprint density at radius 1 is 1.00 bits per heavy atom. The Bertz CT molecular complexity index is 797. The molecule has 2 N–H and O–H groups in total. The molecule has 4 nitrogen and oxygen atoms in total. The molecule has 0 fully saturated rings. The van der Waals surface area contributed by atoms with Crippen LogP contribution >= 0.6 is 15.9 Å². The molecule has 0 saturated heterocycles. The molecule has 0 aliphatic carbocycles. The number of hydrogen-bond donors (Lipinski definition) is 2. The smallest absolute Gasteiger partial charge is 0.222 e. The average Bonchev–Trinajstić information content (AvgIpc) is 2.57. The van der Waals surface area contributed by atoms with Crippen molar-refractivity contribution in [1.29, 1.82) is 0 Å². The van der Waals surface area contributed by atoms with Crippen LogP contribution in [0.15, 0.2) is 46.9 Å². The van der Waals surface area contributed by atoms with Gasteiger partial charge in [-0.05, 0) is 42.3 Å². The molecule has 0 aliphatic rings. The molecule has 0 bridgehead atoms. The minimum atomic E-state index is -0.963. The maximum Gasteiger partial charge on any atom is 0.222 e. The second kappa shape index (κ2) is 8.89. The molecule has 2 aromatic carbocycles. The zero-order valence-electron chi connectivity index (χ0n) is 14.4. The lowest BCUT2D eigenvalue weighted by molar-refractivity contribution is -0.123. The fourth-order valence-electron chi connectivity index (χ4n) is 2.54. The Balaban J connectivity index is 2.07. The summed E-state index contributed by atoms with van der Waals surface area (Å²) in [5, 5.41) is 5.49. The van der Waals surface area contributed by atoms with Crippen LogP contribution in [-0.4, -0.2) is 11.8 Å². The second-order valence-electron chi connectivity index (χ2n) is 5.97. The maximum atomic E-state index is 13.3. The summed E-state index contributed by atoms with van der Waals surface area (Å²) < 4.78 is 27.3. The normalized spacial score (nSPS) is 13.0. The zero-order valence-corrected chi connectivity index (χ0v) is 15.9. The number of nitrogens with one attached hydrogen (secondary N) is 2. The Hall–Kier alpha value is -2.28. The molecule has 0 aliphatic heterocycles. The number of benzene rings is 2. The first-order chi connectivity index (χ1) is 12.3.